The Kier molecular flexibility index (Phi) is 3.39. The molecule has 17 heavy (non-hydrogen) atoms. The van der Waals surface area contributed by atoms with Gasteiger partial charge in [0.25, 0.3) is 5.89 Å². The highest BCUT2D eigenvalue weighted by molar-refractivity contribution is 6.30. The predicted molar refractivity (Wildman–Crippen MR) is 62.3 cm³/mol. The molecule has 0 radical (unpaired) electrons. The molecule has 2 N–H and O–H groups in total. The van der Waals surface area contributed by atoms with Gasteiger partial charge in [-0.1, -0.05) is 16.8 Å². The van der Waals surface area contributed by atoms with E-state index in [1.54, 1.807) is 24.3 Å². The molecule has 5 nitrogen and oxygen atoms in total. The van der Waals surface area contributed by atoms with E-state index < -0.39 is 0 Å². The lowest BCUT2D eigenvalue weighted by molar-refractivity contribution is -0.118. The summed E-state index contributed by atoms with van der Waals surface area (Å²) in [5, 5.41) is 4.40. The Morgan fingerprint density at radius 2 is 2.06 bits per heavy atom. The summed E-state index contributed by atoms with van der Waals surface area (Å²) in [5.74, 6) is 0.484. The second-order valence-corrected chi connectivity index (χ2v) is 3.93. The standard InChI is InChI=1S/C11H10ClN3O2/c12-8-3-1-7(2-4-8)11-14-10(15-17-11)6-5-9(13)16/h1-4H,5-6H2,(H2,13,16). The molecule has 2 rings (SSSR count). The Morgan fingerprint density at radius 3 is 2.71 bits per heavy atom. The van der Waals surface area contributed by atoms with Crippen molar-refractivity contribution < 1.29 is 9.32 Å². The van der Waals surface area contributed by atoms with Crippen molar-refractivity contribution >= 4 is 17.5 Å². The molecule has 1 heterocycles. The Hall–Kier alpha value is -1.88. The number of carbonyl (C=O) groups is 1. The summed E-state index contributed by atoms with van der Waals surface area (Å²) < 4.78 is 5.07. The van der Waals surface area contributed by atoms with Gasteiger partial charge >= 0.3 is 0 Å². The second-order valence-electron chi connectivity index (χ2n) is 3.49. The van der Waals surface area contributed by atoms with Gasteiger partial charge in [-0.2, -0.15) is 4.98 Å². The Balaban J connectivity index is 2.12. The van der Waals surface area contributed by atoms with Crippen LogP contribution in [-0.4, -0.2) is 16.0 Å². The number of rotatable bonds is 4. The summed E-state index contributed by atoms with van der Waals surface area (Å²) >= 11 is 5.77. The lowest BCUT2D eigenvalue weighted by Crippen LogP contribution is -2.11. The first-order valence-electron chi connectivity index (χ1n) is 5.02. The smallest absolute Gasteiger partial charge is 0.257 e. The van der Waals surface area contributed by atoms with E-state index >= 15 is 0 Å². The number of amides is 1. The van der Waals surface area contributed by atoms with Crippen molar-refractivity contribution in [3.63, 3.8) is 0 Å². The number of benzene rings is 1. The van der Waals surface area contributed by atoms with E-state index in [4.69, 9.17) is 21.9 Å². The third-order valence-electron chi connectivity index (χ3n) is 2.15. The second kappa shape index (κ2) is 4.97. The highest BCUT2D eigenvalue weighted by Gasteiger charge is 2.09. The molecule has 0 atom stereocenters. The molecule has 0 aliphatic carbocycles. The number of hydrogen-bond acceptors (Lipinski definition) is 4. The van der Waals surface area contributed by atoms with E-state index in [2.05, 4.69) is 10.1 Å². The van der Waals surface area contributed by atoms with Gasteiger partial charge in [-0.3, -0.25) is 4.79 Å². The fourth-order valence-electron chi connectivity index (χ4n) is 1.30. The number of aryl methyl sites for hydroxylation is 1. The summed E-state index contributed by atoms with van der Waals surface area (Å²) in [6.45, 7) is 0. The molecular formula is C11H10ClN3O2. The number of hydrogen-bond donors (Lipinski definition) is 1. The van der Waals surface area contributed by atoms with Crippen molar-refractivity contribution in [2.45, 2.75) is 12.8 Å². The maximum atomic E-state index is 10.6. The van der Waals surface area contributed by atoms with Gasteiger partial charge in [0, 0.05) is 23.4 Å². The lowest BCUT2D eigenvalue weighted by atomic mass is 10.2. The zero-order chi connectivity index (χ0) is 12.3. The van der Waals surface area contributed by atoms with E-state index in [0.717, 1.165) is 5.56 Å². The Morgan fingerprint density at radius 1 is 1.35 bits per heavy atom. The van der Waals surface area contributed by atoms with Gasteiger partial charge in [0.1, 0.15) is 0 Å². The van der Waals surface area contributed by atoms with Crippen molar-refractivity contribution in [2.24, 2.45) is 5.73 Å². The zero-order valence-corrected chi connectivity index (χ0v) is 9.65. The minimum absolute atomic E-state index is 0.208. The molecule has 6 heteroatoms. The molecule has 88 valence electrons. The molecule has 1 aromatic carbocycles. The molecule has 0 aliphatic heterocycles. The summed E-state index contributed by atoms with van der Waals surface area (Å²) in [7, 11) is 0. The van der Waals surface area contributed by atoms with Crippen molar-refractivity contribution in [1.82, 2.24) is 10.1 Å². The fourth-order valence-corrected chi connectivity index (χ4v) is 1.43. The Labute approximate surface area is 103 Å². The van der Waals surface area contributed by atoms with E-state index in [-0.39, 0.29) is 12.3 Å². The van der Waals surface area contributed by atoms with Gasteiger partial charge in [0.2, 0.25) is 5.91 Å². The Bertz CT molecular complexity index is 522. The van der Waals surface area contributed by atoms with Crippen LogP contribution in [0.15, 0.2) is 28.8 Å². The quantitative estimate of drug-likeness (QED) is 0.898. The van der Waals surface area contributed by atoms with Crippen LogP contribution in [0.25, 0.3) is 11.5 Å². The van der Waals surface area contributed by atoms with E-state index in [1.807, 2.05) is 0 Å². The van der Waals surface area contributed by atoms with E-state index in [0.29, 0.717) is 23.2 Å². The first-order valence-corrected chi connectivity index (χ1v) is 5.40. The average molecular weight is 252 g/mol. The van der Waals surface area contributed by atoms with Gasteiger partial charge in [0.15, 0.2) is 5.82 Å². The maximum absolute atomic E-state index is 10.6. The fraction of sp³-hybridized carbons (Fsp3) is 0.182. The van der Waals surface area contributed by atoms with Crippen LogP contribution in [0.4, 0.5) is 0 Å². The van der Waals surface area contributed by atoms with Gasteiger partial charge < -0.3 is 10.3 Å². The lowest BCUT2D eigenvalue weighted by Gasteiger charge is -1.93. The number of aromatic nitrogens is 2. The molecule has 1 aromatic heterocycles. The predicted octanol–water partition coefficient (Wildman–Crippen LogP) is 1.81. The van der Waals surface area contributed by atoms with Crippen molar-refractivity contribution in [3.8, 4) is 11.5 Å². The molecule has 0 bridgehead atoms. The normalized spacial score (nSPS) is 10.4. The number of nitrogens with zero attached hydrogens (tertiary/aromatic N) is 2. The van der Waals surface area contributed by atoms with Gasteiger partial charge in [-0.25, -0.2) is 0 Å². The SMILES string of the molecule is NC(=O)CCc1noc(-c2ccc(Cl)cc2)n1. The maximum Gasteiger partial charge on any atom is 0.257 e. The molecule has 0 unspecified atom stereocenters. The van der Waals surface area contributed by atoms with Crippen LogP contribution in [0.1, 0.15) is 12.2 Å². The first kappa shape index (κ1) is 11.6. The van der Waals surface area contributed by atoms with E-state index in [1.165, 1.54) is 0 Å². The number of halogens is 1. The van der Waals surface area contributed by atoms with Gasteiger partial charge in [-0.05, 0) is 24.3 Å². The molecule has 0 fully saturated rings. The van der Waals surface area contributed by atoms with Gasteiger partial charge in [0.05, 0.1) is 0 Å². The number of primary amides is 1. The molecule has 0 aliphatic rings. The highest BCUT2D eigenvalue weighted by atomic mass is 35.5. The summed E-state index contributed by atoms with van der Waals surface area (Å²) in [6.07, 6.45) is 0.589. The largest absolute Gasteiger partial charge is 0.370 e. The van der Waals surface area contributed by atoms with Crippen molar-refractivity contribution in [2.75, 3.05) is 0 Å². The van der Waals surface area contributed by atoms with Crippen LogP contribution in [0.5, 0.6) is 0 Å². The van der Waals surface area contributed by atoms with Crippen LogP contribution in [0.3, 0.4) is 0 Å². The third-order valence-corrected chi connectivity index (χ3v) is 2.41. The molecule has 1 amide bonds. The first-order chi connectivity index (χ1) is 8.15. The minimum Gasteiger partial charge on any atom is -0.370 e. The number of nitrogens with two attached hydrogens (primary N) is 1. The van der Waals surface area contributed by atoms with Crippen molar-refractivity contribution in [3.05, 3.63) is 35.1 Å². The van der Waals surface area contributed by atoms with E-state index in [9.17, 15) is 4.79 Å². The number of carbonyl (C=O) groups excluding carboxylic acids is 1. The van der Waals surface area contributed by atoms with Crippen LogP contribution in [-0.2, 0) is 11.2 Å². The molecule has 0 spiro atoms. The van der Waals surface area contributed by atoms with Gasteiger partial charge in [-0.15, -0.1) is 0 Å². The van der Waals surface area contributed by atoms with Crippen LogP contribution < -0.4 is 5.73 Å². The minimum atomic E-state index is -0.386. The summed E-state index contributed by atoms with van der Waals surface area (Å²) in [4.78, 5) is 14.8. The third kappa shape index (κ3) is 3.04. The van der Waals surface area contributed by atoms with Crippen LogP contribution in [0, 0.1) is 0 Å². The topological polar surface area (TPSA) is 82.0 Å². The van der Waals surface area contributed by atoms with Crippen LogP contribution in [0.2, 0.25) is 5.02 Å². The molecule has 0 saturated heterocycles. The summed E-state index contributed by atoms with van der Waals surface area (Å²) in [5.41, 5.74) is 5.82. The van der Waals surface area contributed by atoms with Crippen LogP contribution >= 0.6 is 11.6 Å². The highest BCUT2D eigenvalue weighted by Crippen LogP contribution is 2.19. The molecular weight excluding hydrogens is 242 g/mol. The van der Waals surface area contributed by atoms with Crippen molar-refractivity contribution in [1.29, 1.82) is 0 Å². The molecule has 0 saturated carbocycles. The summed E-state index contributed by atoms with van der Waals surface area (Å²) in [6, 6.07) is 7.05. The average Bonchev–Trinajstić information content (AvgIpc) is 2.76. The molecule has 2 aromatic rings. The zero-order valence-electron chi connectivity index (χ0n) is 8.89. The monoisotopic (exact) mass is 251 g/mol.